The molecule has 1 atom stereocenters. The molecule has 0 saturated carbocycles. The molecule has 0 spiro atoms. The van der Waals surface area contributed by atoms with Crippen molar-refractivity contribution in [2.24, 2.45) is 5.84 Å². The smallest absolute Gasteiger partial charge is 0.0342 e. The first kappa shape index (κ1) is 15.7. The summed E-state index contributed by atoms with van der Waals surface area (Å²) in [4.78, 5) is 0. The number of hydrazine groups is 1. The normalized spacial score (nSPS) is 13.2. The third kappa shape index (κ3) is 3.52. The van der Waals surface area contributed by atoms with E-state index in [0.29, 0.717) is 0 Å². The second kappa shape index (κ2) is 6.42. The monoisotopic (exact) mass is 282 g/mol. The Bertz CT molecular complexity index is 588. The van der Waals surface area contributed by atoms with Gasteiger partial charge in [-0.25, -0.2) is 0 Å². The minimum atomic E-state index is -0.0329. The van der Waals surface area contributed by atoms with Crippen LogP contribution < -0.4 is 11.3 Å². The van der Waals surface area contributed by atoms with Crippen LogP contribution in [0.5, 0.6) is 0 Å². The zero-order chi connectivity index (χ0) is 15.5. The van der Waals surface area contributed by atoms with Crippen molar-refractivity contribution in [3.05, 3.63) is 70.8 Å². The van der Waals surface area contributed by atoms with E-state index >= 15 is 0 Å². The molecule has 3 N–H and O–H groups in total. The molecule has 21 heavy (non-hydrogen) atoms. The molecular weight excluding hydrogens is 256 g/mol. The van der Waals surface area contributed by atoms with Gasteiger partial charge in [0.1, 0.15) is 0 Å². The molecule has 2 aromatic carbocycles. The van der Waals surface area contributed by atoms with Gasteiger partial charge in [-0.05, 0) is 42.5 Å². The van der Waals surface area contributed by atoms with Gasteiger partial charge in [0.05, 0.1) is 0 Å². The zero-order valence-corrected chi connectivity index (χ0v) is 13.5. The van der Waals surface area contributed by atoms with E-state index in [0.717, 1.165) is 6.42 Å². The Labute approximate surface area is 128 Å². The summed E-state index contributed by atoms with van der Waals surface area (Å²) in [5, 5.41) is 0. The van der Waals surface area contributed by atoms with E-state index in [1.165, 1.54) is 22.3 Å². The van der Waals surface area contributed by atoms with Gasteiger partial charge in [-0.3, -0.25) is 11.3 Å². The lowest BCUT2D eigenvalue weighted by Crippen LogP contribution is -2.49. The average Bonchev–Trinajstić information content (AvgIpc) is 2.49. The largest absolute Gasteiger partial charge is 0.271 e. The first-order valence-corrected chi connectivity index (χ1v) is 7.53. The number of aryl methyl sites for hydroxylation is 2. The number of nitrogens with two attached hydrogens (primary N) is 1. The topological polar surface area (TPSA) is 38.0 Å². The Morgan fingerprint density at radius 3 is 2.24 bits per heavy atom. The van der Waals surface area contributed by atoms with E-state index in [9.17, 15) is 0 Å². The molecule has 112 valence electrons. The second-order valence-electron chi connectivity index (χ2n) is 6.43. The van der Waals surface area contributed by atoms with Gasteiger partial charge in [-0.15, -0.1) is 0 Å². The van der Waals surface area contributed by atoms with E-state index in [1.54, 1.807) is 0 Å². The zero-order valence-electron chi connectivity index (χ0n) is 13.5. The van der Waals surface area contributed by atoms with Crippen molar-refractivity contribution in [3.8, 4) is 0 Å². The predicted molar refractivity (Wildman–Crippen MR) is 90.2 cm³/mol. The standard InChI is InChI=1S/C19H26N2/c1-14-10-11-16(12-15(14)2)13-18(21-20)19(3,4)17-8-6-5-7-9-17/h5-12,18,21H,13,20H2,1-4H3. The average molecular weight is 282 g/mol. The molecule has 0 aromatic heterocycles. The quantitative estimate of drug-likeness (QED) is 0.649. The maximum absolute atomic E-state index is 5.86. The Balaban J connectivity index is 2.25. The number of nitrogens with one attached hydrogen (secondary N) is 1. The second-order valence-corrected chi connectivity index (χ2v) is 6.43. The summed E-state index contributed by atoms with van der Waals surface area (Å²) in [6.45, 7) is 8.79. The summed E-state index contributed by atoms with van der Waals surface area (Å²) in [6.07, 6.45) is 0.916. The van der Waals surface area contributed by atoms with Crippen LogP contribution >= 0.6 is 0 Å². The predicted octanol–water partition coefficient (Wildman–Crippen LogP) is 3.66. The Kier molecular flexibility index (Phi) is 4.81. The summed E-state index contributed by atoms with van der Waals surface area (Å²) >= 11 is 0. The van der Waals surface area contributed by atoms with Crippen molar-refractivity contribution in [2.75, 3.05) is 0 Å². The molecule has 1 unspecified atom stereocenters. The van der Waals surface area contributed by atoms with Gasteiger partial charge in [0.2, 0.25) is 0 Å². The lowest BCUT2D eigenvalue weighted by molar-refractivity contribution is 0.341. The highest BCUT2D eigenvalue weighted by Gasteiger charge is 2.30. The highest BCUT2D eigenvalue weighted by atomic mass is 15.2. The number of hydrogen-bond acceptors (Lipinski definition) is 2. The maximum Gasteiger partial charge on any atom is 0.0342 e. The van der Waals surface area contributed by atoms with Gasteiger partial charge < -0.3 is 0 Å². The van der Waals surface area contributed by atoms with Gasteiger partial charge in [0.15, 0.2) is 0 Å². The summed E-state index contributed by atoms with van der Waals surface area (Å²) in [6, 6.07) is 17.4. The molecule has 0 aliphatic heterocycles. The van der Waals surface area contributed by atoms with Crippen LogP contribution in [0.3, 0.4) is 0 Å². The molecule has 0 saturated heterocycles. The first-order valence-electron chi connectivity index (χ1n) is 7.53. The van der Waals surface area contributed by atoms with Crippen LogP contribution in [-0.2, 0) is 11.8 Å². The maximum atomic E-state index is 5.86. The van der Waals surface area contributed by atoms with Crippen LogP contribution in [0.2, 0.25) is 0 Å². The third-order valence-electron chi connectivity index (χ3n) is 4.60. The fourth-order valence-electron chi connectivity index (χ4n) is 2.76. The minimum Gasteiger partial charge on any atom is -0.271 e. The molecular formula is C19H26N2. The Morgan fingerprint density at radius 2 is 1.67 bits per heavy atom. The molecule has 0 bridgehead atoms. The van der Waals surface area contributed by atoms with Gasteiger partial charge in [-0.2, -0.15) is 0 Å². The summed E-state index contributed by atoms with van der Waals surface area (Å²) in [7, 11) is 0. The Morgan fingerprint density at radius 1 is 1.00 bits per heavy atom. The Hall–Kier alpha value is -1.64. The summed E-state index contributed by atoms with van der Waals surface area (Å²) < 4.78 is 0. The van der Waals surface area contributed by atoms with Crippen molar-refractivity contribution in [1.82, 2.24) is 5.43 Å². The van der Waals surface area contributed by atoms with Crippen molar-refractivity contribution < 1.29 is 0 Å². The van der Waals surface area contributed by atoms with Crippen LogP contribution in [0, 0.1) is 13.8 Å². The lowest BCUT2D eigenvalue weighted by atomic mass is 9.75. The summed E-state index contributed by atoms with van der Waals surface area (Å²) in [5.74, 6) is 5.86. The lowest BCUT2D eigenvalue weighted by Gasteiger charge is -2.34. The first-order chi connectivity index (χ1) is 9.95. The number of hydrogen-bond donors (Lipinski definition) is 2. The van der Waals surface area contributed by atoms with Crippen LogP contribution in [0.1, 0.15) is 36.1 Å². The van der Waals surface area contributed by atoms with Crippen molar-refractivity contribution in [3.63, 3.8) is 0 Å². The third-order valence-corrected chi connectivity index (χ3v) is 4.60. The molecule has 0 radical (unpaired) electrons. The molecule has 2 heteroatoms. The fraction of sp³-hybridized carbons (Fsp3) is 0.368. The minimum absolute atomic E-state index is 0.0329. The van der Waals surface area contributed by atoms with E-state index in [4.69, 9.17) is 5.84 Å². The number of rotatable bonds is 5. The fourth-order valence-corrected chi connectivity index (χ4v) is 2.76. The van der Waals surface area contributed by atoms with Crippen LogP contribution in [0.15, 0.2) is 48.5 Å². The van der Waals surface area contributed by atoms with E-state index in [-0.39, 0.29) is 11.5 Å². The van der Waals surface area contributed by atoms with Crippen molar-refractivity contribution in [2.45, 2.75) is 45.6 Å². The van der Waals surface area contributed by atoms with E-state index in [2.05, 4.69) is 75.6 Å². The molecule has 0 heterocycles. The molecule has 2 rings (SSSR count). The van der Waals surface area contributed by atoms with Crippen molar-refractivity contribution >= 4 is 0 Å². The SMILES string of the molecule is Cc1ccc(CC(NN)C(C)(C)c2ccccc2)cc1C. The highest BCUT2D eigenvalue weighted by molar-refractivity contribution is 5.32. The number of benzene rings is 2. The van der Waals surface area contributed by atoms with Crippen LogP contribution in [0.25, 0.3) is 0 Å². The van der Waals surface area contributed by atoms with Gasteiger partial charge in [0, 0.05) is 11.5 Å². The van der Waals surface area contributed by atoms with E-state index < -0.39 is 0 Å². The van der Waals surface area contributed by atoms with Gasteiger partial charge in [0.25, 0.3) is 0 Å². The van der Waals surface area contributed by atoms with E-state index in [1.807, 2.05) is 6.07 Å². The molecule has 0 aliphatic carbocycles. The molecule has 2 nitrogen and oxygen atoms in total. The molecule has 0 fully saturated rings. The molecule has 0 aliphatic rings. The van der Waals surface area contributed by atoms with Crippen molar-refractivity contribution in [1.29, 1.82) is 0 Å². The van der Waals surface area contributed by atoms with Crippen LogP contribution in [0.4, 0.5) is 0 Å². The van der Waals surface area contributed by atoms with Crippen LogP contribution in [-0.4, -0.2) is 6.04 Å². The highest BCUT2D eigenvalue weighted by Crippen LogP contribution is 2.29. The molecule has 0 amide bonds. The van der Waals surface area contributed by atoms with Gasteiger partial charge >= 0.3 is 0 Å². The van der Waals surface area contributed by atoms with Gasteiger partial charge in [-0.1, -0.05) is 62.4 Å². The summed E-state index contributed by atoms with van der Waals surface area (Å²) in [5.41, 5.74) is 8.28. The molecule has 2 aromatic rings.